The third-order valence-electron chi connectivity index (χ3n) is 2.63. The highest BCUT2D eigenvalue weighted by atomic mass is 32.2. The minimum atomic E-state index is -1.40. The summed E-state index contributed by atoms with van der Waals surface area (Å²) in [5, 5.41) is 13.9. The van der Waals surface area contributed by atoms with E-state index in [0.29, 0.717) is 5.01 Å². The zero-order valence-corrected chi connectivity index (χ0v) is 14.1. The second kappa shape index (κ2) is 7.13. The number of nitrogens with zero attached hydrogens (tertiary/aromatic N) is 1. The predicted molar refractivity (Wildman–Crippen MR) is 82.8 cm³/mol. The summed E-state index contributed by atoms with van der Waals surface area (Å²) in [6.07, 6.45) is 0. The predicted octanol–water partition coefficient (Wildman–Crippen LogP) is 1.28. The van der Waals surface area contributed by atoms with E-state index >= 15 is 0 Å². The molecule has 118 valence electrons. The number of aliphatic carboxylic acids is 1. The summed E-state index contributed by atoms with van der Waals surface area (Å²) >= 11 is 1.42. The smallest absolute Gasteiger partial charge is 0.327 e. The first kappa shape index (κ1) is 17.8. The molecule has 6 nitrogen and oxygen atoms in total. The maximum absolute atomic E-state index is 12.0. The Balaban J connectivity index is 2.66. The molecule has 0 saturated carbocycles. The minimum Gasteiger partial charge on any atom is -0.480 e. The highest BCUT2D eigenvalue weighted by Crippen LogP contribution is 2.24. The molecule has 1 rings (SSSR count). The van der Waals surface area contributed by atoms with E-state index in [-0.39, 0.29) is 16.9 Å². The summed E-state index contributed by atoms with van der Waals surface area (Å²) in [4.78, 5) is 26.3. The number of carboxylic acid groups (broad SMARTS) is 1. The van der Waals surface area contributed by atoms with Crippen LogP contribution in [0.1, 0.15) is 38.4 Å². The van der Waals surface area contributed by atoms with Gasteiger partial charge in [0.05, 0.1) is 17.2 Å². The number of aromatic nitrogens is 1. The van der Waals surface area contributed by atoms with Crippen LogP contribution in [0.5, 0.6) is 0 Å². The number of hydrogen-bond acceptors (Lipinski definition) is 5. The summed E-state index contributed by atoms with van der Waals surface area (Å²) < 4.78 is 12.0. The molecule has 0 saturated heterocycles. The summed E-state index contributed by atoms with van der Waals surface area (Å²) in [7, 11) is -1.40. The molecule has 0 aromatic carbocycles. The molecule has 2 atom stereocenters. The molecule has 0 aliphatic heterocycles. The molecule has 0 aliphatic carbocycles. The van der Waals surface area contributed by atoms with Gasteiger partial charge in [-0.2, -0.15) is 0 Å². The lowest BCUT2D eigenvalue weighted by molar-refractivity contribution is -0.140. The number of carbonyl (C=O) groups is 2. The number of carboxylic acids is 1. The molecule has 1 amide bonds. The van der Waals surface area contributed by atoms with Crippen LogP contribution in [0.2, 0.25) is 0 Å². The van der Waals surface area contributed by atoms with Crippen molar-refractivity contribution in [1.29, 1.82) is 0 Å². The number of thiazole rings is 1. The van der Waals surface area contributed by atoms with Gasteiger partial charge in [-0.3, -0.25) is 9.00 Å². The number of hydrogen-bond donors (Lipinski definition) is 2. The van der Waals surface area contributed by atoms with Gasteiger partial charge >= 0.3 is 5.97 Å². The summed E-state index contributed by atoms with van der Waals surface area (Å²) in [6, 6.07) is -1.13. The van der Waals surface area contributed by atoms with Gasteiger partial charge in [0.25, 0.3) is 0 Å². The number of carbonyl (C=O) groups excluding carboxylic acids is 1. The van der Waals surface area contributed by atoms with E-state index < -0.39 is 28.7 Å². The first-order chi connectivity index (χ1) is 9.59. The number of amides is 1. The van der Waals surface area contributed by atoms with Crippen molar-refractivity contribution >= 4 is 34.0 Å². The fourth-order valence-corrected chi connectivity index (χ4v) is 4.05. The van der Waals surface area contributed by atoms with Crippen molar-refractivity contribution in [2.24, 2.45) is 0 Å². The Hall–Kier alpha value is -1.28. The van der Waals surface area contributed by atoms with Crippen molar-refractivity contribution in [1.82, 2.24) is 10.3 Å². The molecule has 0 bridgehead atoms. The quantitative estimate of drug-likeness (QED) is 0.818. The van der Waals surface area contributed by atoms with Gasteiger partial charge in [-0.15, -0.1) is 11.3 Å². The van der Waals surface area contributed by atoms with Gasteiger partial charge in [-0.1, -0.05) is 20.8 Å². The molecule has 1 aromatic rings. The van der Waals surface area contributed by atoms with Gasteiger partial charge in [0.1, 0.15) is 11.0 Å². The first-order valence-corrected chi connectivity index (χ1v) is 8.76. The third kappa shape index (κ3) is 5.92. The van der Waals surface area contributed by atoms with E-state index in [9.17, 15) is 13.8 Å². The Bertz CT molecular complexity index is 549. The fraction of sp³-hybridized carbons (Fsp3) is 0.615. The van der Waals surface area contributed by atoms with E-state index in [0.717, 1.165) is 5.69 Å². The van der Waals surface area contributed by atoms with E-state index in [2.05, 4.69) is 10.3 Å². The average Bonchev–Trinajstić information content (AvgIpc) is 2.75. The maximum atomic E-state index is 12.0. The van der Waals surface area contributed by atoms with Crippen molar-refractivity contribution in [3.05, 3.63) is 16.1 Å². The normalized spacial score (nSPS) is 14.5. The second-order valence-electron chi connectivity index (χ2n) is 5.72. The molecule has 0 spiro atoms. The highest BCUT2D eigenvalue weighted by Gasteiger charge is 2.23. The molecule has 0 radical (unpaired) electrons. The van der Waals surface area contributed by atoms with Crippen LogP contribution >= 0.6 is 11.3 Å². The Morgan fingerprint density at radius 2 is 2.10 bits per heavy atom. The zero-order chi connectivity index (χ0) is 16.2. The van der Waals surface area contributed by atoms with Crippen molar-refractivity contribution < 1.29 is 18.9 Å². The summed E-state index contributed by atoms with van der Waals surface area (Å²) in [6.45, 7) is 7.36. The fourth-order valence-electron chi connectivity index (χ4n) is 1.52. The van der Waals surface area contributed by atoms with Crippen molar-refractivity contribution in [2.45, 2.75) is 44.9 Å². The zero-order valence-electron chi connectivity index (χ0n) is 12.5. The topological polar surface area (TPSA) is 96.4 Å². The minimum absolute atomic E-state index is 0.0734. The molecule has 0 fully saturated rings. The molecule has 2 N–H and O–H groups in total. The van der Waals surface area contributed by atoms with E-state index in [1.807, 2.05) is 26.2 Å². The molecule has 1 aromatic heterocycles. The van der Waals surface area contributed by atoms with Crippen LogP contribution in [0.4, 0.5) is 0 Å². The Morgan fingerprint density at radius 1 is 1.48 bits per heavy atom. The van der Waals surface area contributed by atoms with Crippen molar-refractivity contribution in [2.75, 3.05) is 5.75 Å². The molecule has 8 heteroatoms. The van der Waals surface area contributed by atoms with Crippen LogP contribution in [0.15, 0.2) is 5.38 Å². The second-order valence-corrected chi connectivity index (χ2v) is 8.16. The van der Waals surface area contributed by atoms with Crippen molar-refractivity contribution in [3.63, 3.8) is 0 Å². The molecule has 1 unspecified atom stereocenters. The molecule has 21 heavy (non-hydrogen) atoms. The molecular formula is C13H20N2O4S2. The van der Waals surface area contributed by atoms with Crippen molar-refractivity contribution in [3.8, 4) is 0 Å². The molecule has 0 aliphatic rings. The van der Waals surface area contributed by atoms with E-state index in [4.69, 9.17) is 5.11 Å². The van der Waals surface area contributed by atoms with Gasteiger partial charge in [-0.05, 0) is 0 Å². The summed E-state index contributed by atoms with van der Waals surface area (Å²) in [5.41, 5.74) is 0.854. The largest absolute Gasteiger partial charge is 0.480 e. The monoisotopic (exact) mass is 332 g/mol. The lowest BCUT2D eigenvalue weighted by Crippen LogP contribution is -2.43. The Labute approximate surface area is 130 Å². The molecule has 1 heterocycles. The van der Waals surface area contributed by atoms with Crippen LogP contribution in [0.3, 0.4) is 0 Å². The molecular weight excluding hydrogens is 312 g/mol. The van der Waals surface area contributed by atoms with Crippen LogP contribution in [-0.4, -0.2) is 38.0 Å². The Kier molecular flexibility index (Phi) is 6.03. The standard InChI is InChI=1S/C13H20N2O4S2/c1-8(16)14-9(12(17)18)6-21(19)7-11-15-10(5-20-11)13(2,3)4/h5,9H,6-7H2,1-4H3,(H,14,16)(H,17,18)/t9-,21?/m0/s1. The highest BCUT2D eigenvalue weighted by molar-refractivity contribution is 7.84. The van der Waals surface area contributed by atoms with Crippen LogP contribution < -0.4 is 5.32 Å². The van der Waals surface area contributed by atoms with Gasteiger partial charge in [0.15, 0.2) is 0 Å². The van der Waals surface area contributed by atoms with Gasteiger partial charge in [-0.25, -0.2) is 9.78 Å². The van der Waals surface area contributed by atoms with E-state index in [1.54, 1.807) is 0 Å². The van der Waals surface area contributed by atoms with Crippen LogP contribution in [0.25, 0.3) is 0 Å². The Morgan fingerprint density at radius 3 is 2.52 bits per heavy atom. The van der Waals surface area contributed by atoms with Crippen LogP contribution in [0, 0.1) is 0 Å². The van der Waals surface area contributed by atoms with Gasteiger partial charge in [0, 0.05) is 28.5 Å². The number of nitrogens with one attached hydrogen (secondary N) is 1. The third-order valence-corrected chi connectivity index (χ3v) is 4.96. The lowest BCUT2D eigenvalue weighted by Gasteiger charge is -2.14. The summed E-state index contributed by atoms with van der Waals surface area (Å²) in [5.74, 6) is -1.57. The first-order valence-electron chi connectivity index (χ1n) is 6.39. The maximum Gasteiger partial charge on any atom is 0.327 e. The SMILES string of the molecule is CC(=O)N[C@@H](CS(=O)Cc1nc(C(C)(C)C)cs1)C(=O)O. The lowest BCUT2D eigenvalue weighted by atomic mass is 9.93. The number of rotatable bonds is 6. The average molecular weight is 332 g/mol. The van der Waals surface area contributed by atoms with E-state index in [1.165, 1.54) is 18.3 Å². The van der Waals surface area contributed by atoms with Gasteiger partial charge in [0.2, 0.25) is 5.91 Å². The van der Waals surface area contributed by atoms with Crippen LogP contribution in [-0.2, 0) is 31.6 Å². The van der Waals surface area contributed by atoms with Gasteiger partial charge < -0.3 is 10.4 Å².